The summed E-state index contributed by atoms with van der Waals surface area (Å²) in [6.07, 6.45) is 17.5. The molecule has 2 aromatic rings. The maximum atomic E-state index is 2.32. The summed E-state index contributed by atoms with van der Waals surface area (Å²) in [6, 6.07) is 17.1. The fraction of sp³-hybridized carbons (Fsp3) is 0.357. The quantitative estimate of drug-likeness (QED) is 0.553. The number of allylic oxidation sites excluding steroid dienone is 4. The first kappa shape index (κ1) is 22.0. The second-order valence-electron chi connectivity index (χ2n) is 7.86. The van der Waals surface area contributed by atoms with E-state index in [-0.39, 0.29) is 0 Å². The first-order chi connectivity index (χ1) is 13.6. The van der Waals surface area contributed by atoms with Crippen LogP contribution in [0, 0.1) is 19.8 Å². The van der Waals surface area contributed by atoms with Gasteiger partial charge in [-0.15, -0.1) is 0 Å². The molecule has 0 spiro atoms. The minimum absolute atomic E-state index is 0.833. The van der Waals surface area contributed by atoms with Crippen molar-refractivity contribution in [1.82, 2.24) is 0 Å². The highest BCUT2D eigenvalue weighted by atomic mass is 14.1. The summed E-state index contributed by atoms with van der Waals surface area (Å²) in [7, 11) is 0. The van der Waals surface area contributed by atoms with Crippen LogP contribution in [0.1, 0.15) is 57.1 Å². The van der Waals surface area contributed by atoms with Crippen molar-refractivity contribution in [2.24, 2.45) is 5.92 Å². The fourth-order valence-electron chi connectivity index (χ4n) is 3.50. The molecular formula is C28H36. The molecule has 0 fully saturated rings. The summed E-state index contributed by atoms with van der Waals surface area (Å²) in [5.41, 5.74) is 4.19. The molecule has 1 atom stereocenters. The Morgan fingerprint density at radius 3 is 2.11 bits per heavy atom. The molecule has 2 aromatic carbocycles. The maximum Gasteiger partial charge on any atom is -0.0196 e. The molecule has 0 N–H and O–H groups in total. The number of fused-ring (bicyclic) bond motifs is 1. The van der Waals surface area contributed by atoms with Crippen LogP contribution in [0.2, 0.25) is 0 Å². The number of rotatable bonds is 2. The molecule has 2 aliphatic rings. The van der Waals surface area contributed by atoms with Gasteiger partial charge in [-0.25, -0.2) is 0 Å². The third-order valence-electron chi connectivity index (χ3n) is 5.25. The van der Waals surface area contributed by atoms with Crippen LogP contribution >= 0.6 is 0 Å². The van der Waals surface area contributed by atoms with Crippen molar-refractivity contribution >= 4 is 11.6 Å². The van der Waals surface area contributed by atoms with E-state index in [1.165, 1.54) is 59.2 Å². The molecule has 0 saturated heterocycles. The zero-order valence-electron chi connectivity index (χ0n) is 18.1. The summed E-state index contributed by atoms with van der Waals surface area (Å²) in [5.74, 6) is 0.833. The Bertz CT molecular complexity index is 857. The largest absolute Gasteiger partial charge is 0.0840 e. The van der Waals surface area contributed by atoms with Crippen LogP contribution in [-0.2, 0) is 0 Å². The van der Waals surface area contributed by atoms with E-state index in [1.807, 2.05) is 0 Å². The maximum absolute atomic E-state index is 2.32. The first-order valence-electron chi connectivity index (χ1n) is 10.7. The number of benzene rings is 2. The SMILES string of the molecule is CC1=c2ccccc2=CCC1.CCCC1C=CC=CC1.Cc1ccc(C)cc1. The average Bonchev–Trinajstić information content (AvgIpc) is 2.73. The minimum Gasteiger partial charge on any atom is -0.0840 e. The standard InChI is InChI=1S/C11H12.C9H14.C8H10/c1-9-5-4-7-10-6-2-3-8-11(9)10;1-2-6-9-7-4-3-5-8-9;1-7-3-5-8(2)6-4-7/h2-3,6-8H,4-5H2,1H3;3-5,7,9H,2,6,8H2,1H3;3-6H,1-2H3. The van der Waals surface area contributed by atoms with Crippen molar-refractivity contribution in [2.45, 2.75) is 59.8 Å². The van der Waals surface area contributed by atoms with Crippen molar-refractivity contribution < 1.29 is 0 Å². The van der Waals surface area contributed by atoms with Crippen LogP contribution in [0.25, 0.3) is 11.6 Å². The van der Waals surface area contributed by atoms with E-state index in [4.69, 9.17) is 0 Å². The topological polar surface area (TPSA) is 0 Å². The lowest BCUT2D eigenvalue weighted by molar-refractivity contribution is 0.584. The molecule has 28 heavy (non-hydrogen) atoms. The predicted molar refractivity (Wildman–Crippen MR) is 126 cm³/mol. The molecule has 2 aliphatic carbocycles. The van der Waals surface area contributed by atoms with E-state index in [2.05, 4.69) is 107 Å². The highest BCUT2D eigenvalue weighted by Crippen LogP contribution is 2.16. The average molecular weight is 373 g/mol. The molecule has 0 saturated carbocycles. The second kappa shape index (κ2) is 12.2. The molecule has 4 rings (SSSR count). The molecule has 0 radical (unpaired) electrons. The number of hydrogen-bond donors (Lipinski definition) is 0. The molecule has 0 heteroatoms. The van der Waals surface area contributed by atoms with Crippen molar-refractivity contribution in [3.05, 3.63) is 94.4 Å². The molecule has 1 unspecified atom stereocenters. The minimum atomic E-state index is 0.833. The first-order valence-corrected chi connectivity index (χ1v) is 10.7. The van der Waals surface area contributed by atoms with E-state index >= 15 is 0 Å². The van der Waals surface area contributed by atoms with Crippen LogP contribution in [0.4, 0.5) is 0 Å². The highest BCUT2D eigenvalue weighted by Gasteiger charge is 2.01. The lowest BCUT2D eigenvalue weighted by Crippen LogP contribution is -2.27. The monoisotopic (exact) mass is 372 g/mol. The Labute approximate surface area is 172 Å². The second-order valence-corrected chi connectivity index (χ2v) is 7.86. The molecule has 0 heterocycles. The number of aryl methyl sites for hydroxylation is 2. The molecule has 0 bridgehead atoms. The Hall–Kier alpha value is -2.34. The van der Waals surface area contributed by atoms with Gasteiger partial charge < -0.3 is 0 Å². The van der Waals surface area contributed by atoms with Gasteiger partial charge in [-0.1, -0.05) is 109 Å². The fourth-order valence-corrected chi connectivity index (χ4v) is 3.50. The molecular weight excluding hydrogens is 336 g/mol. The normalized spacial score (nSPS) is 16.7. The van der Waals surface area contributed by atoms with Crippen molar-refractivity contribution in [2.75, 3.05) is 0 Å². The van der Waals surface area contributed by atoms with Gasteiger partial charge in [0.05, 0.1) is 0 Å². The van der Waals surface area contributed by atoms with Crippen LogP contribution in [0.3, 0.4) is 0 Å². The van der Waals surface area contributed by atoms with Crippen molar-refractivity contribution in [3.63, 3.8) is 0 Å². The number of hydrogen-bond acceptors (Lipinski definition) is 0. The third kappa shape index (κ3) is 7.72. The smallest absolute Gasteiger partial charge is 0.0196 e. The van der Waals surface area contributed by atoms with E-state index in [9.17, 15) is 0 Å². The van der Waals surface area contributed by atoms with Gasteiger partial charge in [0.1, 0.15) is 0 Å². The Balaban J connectivity index is 0.000000153. The van der Waals surface area contributed by atoms with Gasteiger partial charge in [0.25, 0.3) is 0 Å². The van der Waals surface area contributed by atoms with Gasteiger partial charge in [-0.05, 0) is 62.8 Å². The summed E-state index contributed by atoms with van der Waals surface area (Å²) < 4.78 is 0. The molecule has 0 nitrogen and oxygen atoms in total. The highest BCUT2D eigenvalue weighted by molar-refractivity contribution is 5.48. The summed E-state index contributed by atoms with van der Waals surface area (Å²) >= 11 is 0. The lowest BCUT2D eigenvalue weighted by atomic mass is 9.96. The predicted octanol–water partition coefficient (Wildman–Crippen LogP) is 6.65. The van der Waals surface area contributed by atoms with Gasteiger partial charge in [0.15, 0.2) is 0 Å². The van der Waals surface area contributed by atoms with E-state index < -0.39 is 0 Å². The lowest BCUT2D eigenvalue weighted by Gasteiger charge is -2.09. The zero-order chi connectivity index (χ0) is 20.2. The van der Waals surface area contributed by atoms with E-state index in [0.717, 1.165) is 5.92 Å². The van der Waals surface area contributed by atoms with Gasteiger partial charge in [0, 0.05) is 0 Å². The van der Waals surface area contributed by atoms with Crippen LogP contribution in [0.15, 0.2) is 72.8 Å². The van der Waals surface area contributed by atoms with Gasteiger partial charge in [0.2, 0.25) is 0 Å². The van der Waals surface area contributed by atoms with Gasteiger partial charge >= 0.3 is 0 Å². The third-order valence-corrected chi connectivity index (χ3v) is 5.25. The molecule has 148 valence electrons. The molecule has 0 amide bonds. The Morgan fingerprint density at radius 2 is 1.54 bits per heavy atom. The van der Waals surface area contributed by atoms with E-state index in [0.29, 0.717) is 0 Å². The van der Waals surface area contributed by atoms with Gasteiger partial charge in [-0.3, -0.25) is 0 Å². The summed E-state index contributed by atoms with van der Waals surface area (Å²) in [5, 5.41) is 2.86. The summed E-state index contributed by atoms with van der Waals surface area (Å²) in [4.78, 5) is 0. The molecule has 0 aromatic heterocycles. The van der Waals surface area contributed by atoms with Crippen molar-refractivity contribution in [3.8, 4) is 0 Å². The Morgan fingerprint density at radius 1 is 0.857 bits per heavy atom. The Kier molecular flexibility index (Phi) is 9.55. The van der Waals surface area contributed by atoms with Gasteiger partial charge in [-0.2, -0.15) is 0 Å². The van der Waals surface area contributed by atoms with Crippen LogP contribution < -0.4 is 10.4 Å². The summed E-state index contributed by atoms with van der Waals surface area (Å²) in [6.45, 7) is 8.66. The molecule has 0 aliphatic heterocycles. The van der Waals surface area contributed by atoms with E-state index in [1.54, 1.807) is 0 Å². The van der Waals surface area contributed by atoms with Crippen molar-refractivity contribution in [1.29, 1.82) is 0 Å². The van der Waals surface area contributed by atoms with Crippen LogP contribution in [0.5, 0.6) is 0 Å². The van der Waals surface area contributed by atoms with Crippen LogP contribution in [-0.4, -0.2) is 0 Å². The zero-order valence-corrected chi connectivity index (χ0v) is 18.1.